The van der Waals surface area contributed by atoms with Crippen LogP contribution in [0.5, 0.6) is 0 Å². The maximum absolute atomic E-state index is 12.5. The van der Waals surface area contributed by atoms with Crippen LogP contribution in [0.2, 0.25) is 0 Å². The molecule has 164 valence electrons. The quantitative estimate of drug-likeness (QED) is 0.625. The molecule has 1 aliphatic rings. The van der Waals surface area contributed by atoms with Crippen molar-refractivity contribution in [1.29, 1.82) is 0 Å². The molecule has 0 aromatic heterocycles. The summed E-state index contributed by atoms with van der Waals surface area (Å²) in [5.41, 5.74) is 0.966. The number of nitrogens with one attached hydrogen (secondary N) is 2. The fraction of sp³-hybridized carbons (Fsp3) is 0.286. The third-order valence-corrected chi connectivity index (χ3v) is 6.59. The van der Waals surface area contributed by atoms with Crippen LogP contribution in [0.4, 0.5) is 4.79 Å². The normalized spacial score (nSPS) is 14.1. The molecule has 9 nitrogen and oxygen atoms in total. The van der Waals surface area contributed by atoms with Crippen LogP contribution >= 0.6 is 0 Å². The molecule has 3 amide bonds. The third-order valence-electron chi connectivity index (χ3n) is 4.68. The fourth-order valence-corrected chi connectivity index (χ4v) is 4.56. The molecule has 2 aromatic carbocycles. The maximum atomic E-state index is 12.5. The largest absolute Gasteiger partial charge is 0.452 e. The van der Waals surface area contributed by atoms with Gasteiger partial charge >= 0.3 is 12.0 Å². The predicted octanol–water partition coefficient (Wildman–Crippen LogP) is 1.65. The molecule has 1 aliphatic heterocycles. The number of amides is 3. The van der Waals surface area contributed by atoms with Gasteiger partial charge in [0.1, 0.15) is 0 Å². The summed E-state index contributed by atoms with van der Waals surface area (Å²) in [5.74, 6) is -1.59. The first-order valence-electron chi connectivity index (χ1n) is 9.75. The molecule has 0 unspecified atom stereocenters. The highest BCUT2D eigenvalue weighted by Crippen LogP contribution is 2.21. The predicted molar refractivity (Wildman–Crippen MR) is 112 cm³/mol. The fourth-order valence-electron chi connectivity index (χ4n) is 3.04. The highest BCUT2D eigenvalue weighted by atomic mass is 32.2. The van der Waals surface area contributed by atoms with E-state index in [0.29, 0.717) is 13.1 Å². The van der Waals surface area contributed by atoms with Gasteiger partial charge in [0.05, 0.1) is 10.5 Å². The minimum absolute atomic E-state index is 0.0961. The molecule has 31 heavy (non-hydrogen) atoms. The Morgan fingerprint density at radius 2 is 1.58 bits per heavy atom. The summed E-state index contributed by atoms with van der Waals surface area (Å²) in [7, 11) is -3.57. The Labute approximate surface area is 180 Å². The van der Waals surface area contributed by atoms with E-state index in [2.05, 4.69) is 10.6 Å². The number of rotatable bonds is 7. The van der Waals surface area contributed by atoms with Crippen LogP contribution in [-0.4, -0.2) is 50.3 Å². The molecule has 2 N–H and O–H groups in total. The zero-order valence-corrected chi connectivity index (χ0v) is 17.6. The lowest BCUT2D eigenvalue weighted by Crippen LogP contribution is -2.41. The van der Waals surface area contributed by atoms with Crippen molar-refractivity contribution in [2.45, 2.75) is 24.3 Å². The van der Waals surface area contributed by atoms with E-state index in [9.17, 15) is 22.8 Å². The molecule has 0 atom stereocenters. The van der Waals surface area contributed by atoms with Gasteiger partial charge in [0.15, 0.2) is 6.61 Å². The molecule has 3 rings (SSSR count). The second-order valence-electron chi connectivity index (χ2n) is 6.93. The van der Waals surface area contributed by atoms with E-state index in [-0.39, 0.29) is 17.0 Å². The van der Waals surface area contributed by atoms with Crippen LogP contribution in [-0.2, 0) is 26.1 Å². The number of esters is 1. The average molecular weight is 445 g/mol. The van der Waals surface area contributed by atoms with Crippen molar-refractivity contribution in [2.24, 2.45) is 0 Å². The monoisotopic (exact) mass is 445 g/mol. The Morgan fingerprint density at radius 1 is 0.935 bits per heavy atom. The number of urea groups is 1. The van der Waals surface area contributed by atoms with Gasteiger partial charge < -0.3 is 10.1 Å². The number of imide groups is 1. The zero-order chi connectivity index (χ0) is 22.3. The second-order valence-corrected chi connectivity index (χ2v) is 8.87. The zero-order valence-electron chi connectivity index (χ0n) is 16.7. The molecule has 0 bridgehead atoms. The van der Waals surface area contributed by atoms with E-state index in [0.717, 1.165) is 18.4 Å². The molecular formula is C21H23N3O6S. The van der Waals surface area contributed by atoms with E-state index in [1.54, 1.807) is 0 Å². The summed E-state index contributed by atoms with van der Waals surface area (Å²) in [4.78, 5) is 35.7. The minimum atomic E-state index is -3.57. The molecule has 1 fully saturated rings. The summed E-state index contributed by atoms with van der Waals surface area (Å²) in [6, 6.07) is 13.8. The molecular weight excluding hydrogens is 422 g/mol. The lowest BCUT2D eigenvalue weighted by atomic mass is 10.2. The van der Waals surface area contributed by atoms with Crippen LogP contribution in [0.25, 0.3) is 0 Å². The molecule has 10 heteroatoms. The lowest BCUT2D eigenvalue weighted by Gasteiger charge is -2.15. The van der Waals surface area contributed by atoms with Gasteiger partial charge in [-0.2, -0.15) is 4.31 Å². The van der Waals surface area contributed by atoms with E-state index in [1.807, 2.05) is 30.3 Å². The van der Waals surface area contributed by atoms with Crippen molar-refractivity contribution in [3.05, 3.63) is 65.7 Å². The number of benzene rings is 2. The van der Waals surface area contributed by atoms with Crippen molar-refractivity contribution in [2.75, 3.05) is 19.7 Å². The van der Waals surface area contributed by atoms with Crippen LogP contribution in [0.1, 0.15) is 28.8 Å². The van der Waals surface area contributed by atoms with Gasteiger partial charge in [0.25, 0.3) is 5.91 Å². The van der Waals surface area contributed by atoms with Crippen molar-refractivity contribution in [3.8, 4) is 0 Å². The first-order valence-corrected chi connectivity index (χ1v) is 11.2. The highest BCUT2D eigenvalue weighted by Gasteiger charge is 2.27. The third kappa shape index (κ3) is 6.12. The van der Waals surface area contributed by atoms with Gasteiger partial charge in [0.2, 0.25) is 10.0 Å². The van der Waals surface area contributed by atoms with E-state index < -0.39 is 34.5 Å². The molecule has 0 radical (unpaired) electrons. The van der Waals surface area contributed by atoms with Gasteiger partial charge in [0, 0.05) is 19.6 Å². The Bertz CT molecular complexity index is 1030. The Balaban J connectivity index is 1.45. The van der Waals surface area contributed by atoms with Crippen molar-refractivity contribution < 1.29 is 27.5 Å². The Hall–Kier alpha value is -3.24. The lowest BCUT2D eigenvalue weighted by molar-refractivity contribution is -0.123. The molecule has 0 aliphatic carbocycles. The Morgan fingerprint density at radius 3 is 2.23 bits per heavy atom. The van der Waals surface area contributed by atoms with Gasteiger partial charge in [-0.05, 0) is 42.7 Å². The summed E-state index contributed by atoms with van der Waals surface area (Å²) in [6.07, 6.45) is 1.66. The number of nitrogens with zero attached hydrogens (tertiary/aromatic N) is 1. The van der Waals surface area contributed by atoms with Crippen molar-refractivity contribution in [1.82, 2.24) is 14.9 Å². The highest BCUT2D eigenvalue weighted by molar-refractivity contribution is 7.89. The van der Waals surface area contributed by atoms with Crippen LogP contribution in [0.3, 0.4) is 0 Å². The molecule has 0 saturated carbocycles. The number of hydrogen-bond donors (Lipinski definition) is 2. The van der Waals surface area contributed by atoms with Crippen LogP contribution in [0.15, 0.2) is 59.5 Å². The van der Waals surface area contributed by atoms with E-state index in [1.165, 1.54) is 28.6 Å². The SMILES string of the molecule is O=C(COC(=O)c1ccc(S(=O)(=O)N2CCCC2)cc1)NC(=O)NCc1ccccc1. The Kier molecular flexibility index (Phi) is 7.37. The summed E-state index contributed by atoms with van der Waals surface area (Å²) < 4.78 is 31.3. The van der Waals surface area contributed by atoms with Crippen molar-refractivity contribution >= 4 is 27.9 Å². The van der Waals surface area contributed by atoms with Crippen LogP contribution < -0.4 is 10.6 Å². The van der Waals surface area contributed by atoms with Crippen molar-refractivity contribution in [3.63, 3.8) is 0 Å². The molecule has 1 saturated heterocycles. The first-order chi connectivity index (χ1) is 14.9. The van der Waals surface area contributed by atoms with Gasteiger partial charge in [-0.15, -0.1) is 0 Å². The summed E-state index contributed by atoms with van der Waals surface area (Å²) in [5, 5.41) is 4.59. The topological polar surface area (TPSA) is 122 Å². The number of ether oxygens (including phenoxy) is 1. The smallest absolute Gasteiger partial charge is 0.338 e. The minimum Gasteiger partial charge on any atom is -0.452 e. The first kappa shape index (κ1) is 22.4. The number of carbonyl (C=O) groups is 3. The summed E-state index contributed by atoms with van der Waals surface area (Å²) in [6.45, 7) is 0.568. The number of hydrogen-bond acceptors (Lipinski definition) is 6. The van der Waals surface area contributed by atoms with Gasteiger partial charge in [-0.3, -0.25) is 10.1 Å². The number of carbonyl (C=O) groups excluding carboxylic acids is 3. The number of sulfonamides is 1. The van der Waals surface area contributed by atoms with E-state index in [4.69, 9.17) is 4.74 Å². The van der Waals surface area contributed by atoms with Gasteiger partial charge in [-0.1, -0.05) is 30.3 Å². The van der Waals surface area contributed by atoms with Crippen LogP contribution in [0, 0.1) is 0 Å². The average Bonchev–Trinajstić information content (AvgIpc) is 3.33. The van der Waals surface area contributed by atoms with E-state index >= 15 is 0 Å². The van der Waals surface area contributed by atoms with Gasteiger partial charge in [-0.25, -0.2) is 18.0 Å². The maximum Gasteiger partial charge on any atom is 0.338 e. The standard InChI is InChI=1S/C21H23N3O6S/c25-19(23-21(27)22-14-16-6-2-1-3-7-16)15-30-20(26)17-8-10-18(11-9-17)31(28,29)24-12-4-5-13-24/h1-3,6-11H,4-5,12-15H2,(H2,22,23,25,27). The second kappa shape index (κ2) is 10.2. The molecule has 0 spiro atoms. The molecule has 2 aromatic rings. The summed E-state index contributed by atoms with van der Waals surface area (Å²) >= 11 is 0. The molecule has 1 heterocycles.